The van der Waals surface area contributed by atoms with Gasteiger partial charge in [0.15, 0.2) is 0 Å². The van der Waals surface area contributed by atoms with Crippen molar-refractivity contribution in [1.82, 2.24) is 0 Å². The fraction of sp³-hybridized carbons (Fsp3) is 0.600. The topological polar surface area (TPSA) is 52.6 Å². The van der Waals surface area contributed by atoms with Gasteiger partial charge in [-0.05, 0) is 19.3 Å². The zero-order chi connectivity index (χ0) is 11.9. The monoisotopic (exact) mass is 278 g/mol. The Kier molecular flexibility index (Phi) is 6.24. The third-order valence-electron chi connectivity index (χ3n) is 1.95. The number of halogens is 1. The van der Waals surface area contributed by atoms with Gasteiger partial charge in [0, 0.05) is 0 Å². The Bertz CT molecular complexity index is 234. The van der Waals surface area contributed by atoms with Gasteiger partial charge in [-0.3, -0.25) is 0 Å². The lowest BCUT2D eigenvalue weighted by Crippen LogP contribution is -2.42. The van der Waals surface area contributed by atoms with Crippen LogP contribution >= 0.6 is 15.9 Å². The molecule has 0 aliphatic carbocycles. The summed E-state index contributed by atoms with van der Waals surface area (Å²) >= 11 is 3.08. The van der Waals surface area contributed by atoms with Crippen LogP contribution in [0, 0.1) is 0 Å². The highest BCUT2D eigenvalue weighted by Crippen LogP contribution is 2.28. The molecule has 0 saturated heterocycles. The predicted molar refractivity (Wildman–Crippen MR) is 59.7 cm³/mol. The van der Waals surface area contributed by atoms with Crippen molar-refractivity contribution < 1.29 is 19.1 Å². The summed E-state index contributed by atoms with van der Waals surface area (Å²) in [7, 11) is 2.46. The molecule has 0 aliphatic rings. The van der Waals surface area contributed by atoms with E-state index in [0.717, 1.165) is 6.42 Å². The summed E-state index contributed by atoms with van der Waals surface area (Å²) in [4.78, 5) is 22.9. The van der Waals surface area contributed by atoms with Gasteiger partial charge in [0.05, 0.1) is 14.2 Å². The molecule has 0 spiro atoms. The van der Waals surface area contributed by atoms with E-state index in [-0.39, 0.29) is 0 Å². The molecule has 0 N–H and O–H groups in total. The van der Waals surface area contributed by atoms with Gasteiger partial charge >= 0.3 is 11.9 Å². The molecule has 0 aliphatic heterocycles. The van der Waals surface area contributed by atoms with Crippen LogP contribution in [0.3, 0.4) is 0 Å². The van der Waals surface area contributed by atoms with Crippen molar-refractivity contribution in [2.45, 2.75) is 23.6 Å². The minimum atomic E-state index is -1.39. The molecule has 5 heteroatoms. The maximum atomic E-state index is 11.4. The Morgan fingerprint density at radius 3 is 2.13 bits per heavy atom. The lowest BCUT2D eigenvalue weighted by Gasteiger charge is -2.21. The van der Waals surface area contributed by atoms with Crippen molar-refractivity contribution in [3.63, 3.8) is 0 Å². The molecule has 0 bridgehead atoms. The number of alkyl halides is 1. The Morgan fingerprint density at radius 2 is 1.80 bits per heavy atom. The van der Waals surface area contributed by atoms with Crippen molar-refractivity contribution in [3.8, 4) is 0 Å². The van der Waals surface area contributed by atoms with Crippen molar-refractivity contribution in [2.75, 3.05) is 14.2 Å². The summed E-state index contributed by atoms with van der Waals surface area (Å²) in [6.45, 7) is 3.56. The van der Waals surface area contributed by atoms with E-state index in [1.165, 1.54) is 14.2 Å². The highest BCUT2D eigenvalue weighted by molar-refractivity contribution is 9.10. The summed E-state index contributed by atoms with van der Waals surface area (Å²) in [5, 5.41) is 0. The second-order valence-corrected chi connectivity index (χ2v) is 4.32. The highest BCUT2D eigenvalue weighted by atomic mass is 79.9. The van der Waals surface area contributed by atoms with Crippen molar-refractivity contribution in [1.29, 1.82) is 0 Å². The van der Waals surface area contributed by atoms with Gasteiger partial charge in [0.1, 0.15) is 0 Å². The largest absolute Gasteiger partial charge is 0.468 e. The molecule has 0 unspecified atom stereocenters. The van der Waals surface area contributed by atoms with Crippen LogP contribution in [-0.4, -0.2) is 30.5 Å². The number of allylic oxidation sites excluding steroid dienone is 1. The molecule has 15 heavy (non-hydrogen) atoms. The van der Waals surface area contributed by atoms with Crippen LogP contribution in [0.15, 0.2) is 12.7 Å². The lowest BCUT2D eigenvalue weighted by molar-refractivity contribution is -0.155. The molecular formula is C10H15BrO4. The van der Waals surface area contributed by atoms with Crippen LogP contribution in [0.25, 0.3) is 0 Å². The average molecular weight is 279 g/mol. The van der Waals surface area contributed by atoms with Gasteiger partial charge in [-0.25, -0.2) is 9.59 Å². The summed E-state index contributed by atoms with van der Waals surface area (Å²) in [6, 6.07) is 0. The molecule has 0 aromatic heterocycles. The molecule has 4 nitrogen and oxygen atoms in total. The normalized spacial score (nSPS) is 10.6. The molecule has 0 atom stereocenters. The van der Waals surface area contributed by atoms with Crippen molar-refractivity contribution in [2.24, 2.45) is 0 Å². The SMILES string of the molecule is C=CCCCC(Br)(C(=O)OC)C(=O)OC. The third kappa shape index (κ3) is 3.66. The molecule has 0 rings (SSSR count). The molecule has 0 saturated carbocycles. The summed E-state index contributed by atoms with van der Waals surface area (Å²) in [6.07, 6.45) is 3.42. The van der Waals surface area contributed by atoms with E-state index in [1.54, 1.807) is 6.08 Å². The van der Waals surface area contributed by atoms with Crippen LogP contribution in [0.2, 0.25) is 0 Å². The fourth-order valence-electron chi connectivity index (χ4n) is 1.10. The maximum Gasteiger partial charge on any atom is 0.334 e. The lowest BCUT2D eigenvalue weighted by atomic mass is 10.0. The number of methoxy groups -OCH3 is 2. The third-order valence-corrected chi connectivity index (χ3v) is 2.99. The first-order valence-electron chi connectivity index (χ1n) is 4.49. The second kappa shape index (κ2) is 6.61. The van der Waals surface area contributed by atoms with Crippen LogP contribution in [0.4, 0.5) is 0 Å². The number of rotatable bonds is 6. The molecule has 0 heterocycles. The zero-order valence-corrected chi connectivity index (χ0v) is 10.5. The number of esters is 2. The maximum absolute atomic E-state index is 11.4. The van der Waals surface area contributed by atoms with Crippen LogP contribution in [-0.2, 0) is 19.1 Å². The van der Waals surface area contributed by atoms with Crippen LogP contribution in [0.5, 0.6) is 0 Å². The summed E-state index contributed by atoms with van der Waals surface area (Å²) in [5.74, 6) is -1.28. The Morgan fingerprint density at radius 1 is 1.33 bits per heavy atom. The minimum absolute atomic E-state index is 0.318. The number of unbranched alkanes of at least 4 members (excludes halogenated alkanes) is 1. The molecule has 86 valence electrons. The van der Waals surface area contributed by atoms with E-state index in [2.05, 4.69) is 32.0 Å². The number of hydrogen-bond acceptors (Lipinski definition) is 4. The first kappa shape index (κ1) is 14.2. The van der Waals surface area contributed by atoms with Gasteiger partial charge in [-0.1, -0.05) is 22.0 Å². The molecule has 0 aromatic carbocycles. The van der Waals surface area contributed by atoms with Crippen LogP contribution in [0.1, 0.15) is 19.3 Å². The Hall–Kier alpha value is -0.840. The van der Waals surface area contributed by atoms with Crippen molar-refractivity contribution >= 4 is 27.9 Å². The predicted octanol–water partition coefficient (Wildman–Crippen LogP) is 1.82. The fourth-order valence-corrected chi connectivity index (χ4v) is 1.71. The standard InChI is InChI=1S/C10H15BrO4/c1-4-5-6-7-10(11,8(12)14-2)9(13)15-3/h4H,1,5-7H2,2-3H3. The number of carbonyl (C=O) groups excluding carboxylic acids is 2. The average Bonchev–Trinajstić information content (AvgIpc) is 2.26. The van der Waals surface area contributed by atoms with E-state index in [0.29, 0.717) is 12.8 Å². The molecule has 0 fully saturated rings. The molecule has 0 amide bonds. The van der Waals surface area contributed by atoms with E-state index in [4.69, 9.17) is 0 Å². The zero-order valence-electron chi connectivity index (χ0n) is 8.92. The van der Waals surface area contributed by atoms with E-state index in [9.17, 15) is 9.59 Å². The van der Waals surface area contributed by atoms with Gasteiger partial charge < -0.3 is 9.47 Å². The minimum Gasteiger partial charge on any atom is -0.468 e. The van der Waals surface area contributed by atoms with Gasteiger partial charge in [0.2, 0.25) is 4.32 Å². The molecule has 0 aromatic rings. The quantitative estimate of drug-likeness (QED) is 0.245. The molecular weight excluding hydrogens is 264 g/mol. The van der Waals surface area contributed by atoms with E-state index in [1.807, 2.05) is 0 Å². The van der Waals surface area contributed by atoms with Crippen molar-refractivity contribution in [3.05, 3.63) is 12.7 Å². The summed E-state index contributed by atoms with van der Waals surface area (Å²) in [5.41, 5.74) is 0. The Labute approximate surface area is 97.8 Å². The van der Waals surface area contributed by atoms with Gasteiger partial charge in [-0.15, -0.1) is 6.58 Å². The smallest absolute Gasteiger partial charge is 0.334 e. The summed E-state index contributed by atoms with van der Waals surface area (Å²) < 4.78 is 7.72. The number of hydrogen-bond donors (Lipinski definition) is 0. The van der Waals surface area contributed by atoms with Gasteiger partial charge in [-0.2, -0.15) is 0 Å². The molecule has 0 radical (unpaired) electrons. The number of ether oxygens (including phenoxy) is 2. The highest BCUT2D eigenvalue weighted by Gasteiger charge is 2.45. The first-order valence-corrected chi connectivity index (χ1v) is 5.29. The van der Waals surface area contributed by atoms with Gasteiger partial charge in [0.25, 0.3) is 0 Å². The second-order valence-electron chi connectivity index (χ2n) is 2.97. The number of carbonyl (C=O) groups is 2. The Balaban J connectivity index is 4.62. The first-order chi connectivity index (χ1) is 7.02. The van der Waals surface area contributed by atoms with E-state index >= 15 is 0 Å². The van der Waals surface area contributed by atoms with Crippen LogP contribution < -0.4 is 0 Å². The van der Waals surface area contributed by atoms with E-state index < -0.39 is 16.3 Å².